The van der Waals surface area contributed by atoms with Crippen LogP contribution in [0.2, 0.25) is 10.0 Å². The van der Waals surface area contributed by atoms with E-state index >= 15 is 0 Å². The van der Waals surface area contributed by atoms with Crippen LogP contribution in [0.4, 0.5) is 0 Å². The Balaban J connectivity index is 2.09. The molecule has 0 saturated carbocycles. The van der Waals surface area contributed by atoms with Crippen molar-refractivity contribution in [2.75, 3.05) is 0 Å². The van der Waals surface area contributed by atoms with Gasteiger partial charge in [0, 0.05) is 10.0 Å². The normalized spacial score (nSPS) is 12.7. The maximum Gasteiger partial charge on any atom is 0.343 e. The van der Waals surface area contributed by atoms with Crippen LogP contribution >= 0.6 is 23.2 Å². The van der Waals surface area contributed by atoms with Crippen LogP contribution in [0.25, 0.3) is 21.9 Å². The molecule has 0 aliphatic carbocycles. The van der Waals surface area contributed by atoms with Crippen LogP contribution in [0.1, 0.15) is 24.0 Å². The summed E-state index contributed by atoms with van der Waals surface area (Å²) in [5, 5.41) is 32.8. The molecule has 2 aromatic carbocycles. The highest BCUT2D eigenvalue weighted by molar-refractivity contribution is 6.31. The Kier molecular flexibility index (Phi) is 4.97. The van der Waals surface area contributed by atoms with E-state index < -0.39 is 45.9 Å². The van der Waals surface area contributed by atoms with E-state index in [0.29, 0.717) is 0 Å². The average molecular weight is 449 g/mol. The molecule has 0 radical (unpaired) electrons. The third-order valence-electron chi connectivity index (χ3n) is 4.85. The van der Waals surface area contributed by atoms with Crippen molar-refractivity contribution in [3.63, 3.8) is 0 Å². The second-order valence-corrected chi connectivity index (χ2v) is 7.68. The van der Waals surface area contributed by atoms with E-state index in [1.807, 2.05) is 0 Å². The molecule has 0 fully saturated rings. The molecule has 0 saturated heterocycles. The van der Waals surface area contributed by atoms with Crippen molar-refractivity contribution in [2.24, 2.45) is 0 Å². The fraction of sp³-hybridized carbons (Fsp3) is 0.143. The molecule has 1 unspecified atom stereocenters. The van der Waals surface area contributed by atoms with Gasteiger partial charge in [0.05, 0.1) is 33.9 Å². The van der Waals surface area contributed by atoms with Crippen molar-refractivity contribution in [3.05, 3.63) is 78.4 Å². The summed E-state index contributed by atoms with van der Waals surface area (Å²) in [6.45, 7) is 1.30. The lowest BCUT2D eigenvalue weighted by Gasteiger charge is -2.21. The monoisotopic (exact) mass is 448 g/mol. The van der Waals surface area contributed by atoms with E-state index in [-0.39, 0.29) is 32.0 Å². The Morgan fingerprint density at radius 2 is 1.20 bits per heavy atom. The molecule has 4 aromatic rings. The zero-order valence-corrected chi connectivity index (χ0v) is 16.9. The molecule has 0 amide bonds. The number of fused-ring (bicyclic) bond motifs is 2. The maximum atomic E-state index is 12.7. The first kappa shape index (κ1) is 20.3. The van der Waals surface area contributed by atoms with Crippen molar-refractivity contribution in [1.29, 1.82) is 0 Å². The number of aliphatic hydroxyl groups excluding tert-OH is 1. The third-order valence-corrected chi connectivity index (χ3v) is 5.32. The zero-order chi connectivity index (χ0) is 21.7. The molecule has 2 aromatic heterocycles. The number of aliphatic hydroxyl groups is 1. The number of hydrogen-bond donors (Lipinski definition) is 3. The Labute approximate surface area is 178 Å². The van der Waals surface area contributed by atoms with Gasteiger partial charge in [-0.25, -0.2) is 9.59 Å². The first-order chi connectivity index (χ1) is 14.2. The predicted molar refractivity (Wildman–Crippen MR) is 112 cm³/mol. The van der Waals surface area contributed by atoms with Gasteiger partial charge in [-0.2, -0.15) is 0 Å². The molecule has 0 spiro atoms. The van der Waals surface area contributed by atoms with Crippen LogP contribution in [0.5, 0.6) is 11.5 Å². The van der Waals surface area contributed by atoms with Gasteiger partial charge >= 0.3 is 11.3 Å². The standard InChI is InChI=1S/C21H14Cl2O7/c1-8(24)15(16-18(25)11-6-9(22)2-4-13(11)29-20(16)27)17-19(26)12-7-10(23)3-5-14(12)30-21(17)28/h2-8,15,24-26H,1H3. The maximum absolute atomic E-state index is 12.7. The summed E-state index contributed by atoms with van der Waals surface area (Å²) in [5.41, 5.74) is -2.67. The minimum absolute atomic E-state index is 0.0662. The molecule has 0 bridgehead atoms. The van der Waals surface area contributed by atoms with Crippen LogP contribution in [0.3, 0.4) is 0 Å². The van der Waals surface area contributed by atoms with Gasteiger partial charge in [0.2, 0.25) is 0 Å². The van der Waals surface area contributed by atoms with E-state index in [2.05, 4.69) is 0 Å². The van der Waals surface area contributed by atoms with Gasteiger partial charge in [-0.1, -0.05) is 23.2 Å². The van der Waals surface area contributed by atoms with E-state index in [9.17, 15) is 24.9 Å². The summed E-state index contributed by atoms with van der Waals surface area (Å²) >= 11 is 11.9. The molecule has 7 nitrogen and oxygen atoms in total. The van der Waals surface area contributed by atoms with E-state index in [0.717, 1.165) is 0 Å². The molecule has 0 aliphatic rings. The lowest BCUT2D eigenvalue weighted by molar-refractivity contribution is 0.170. The van der Waals surface area contributed by atoms with Crippen LogP contribution in [0, 0.1) is 0 Å². The first-order valence-electron chi connectivity index (χ1n) is 8.77. The molecular weight excluding hydrogens is 435 g/mol. The van der Waals surface area contributed by atoms with Gasteiger partial charge in [-0.3, -0.25) is 0 Å². The molecule has 1 atom stereocenters. The molecule has 9 heteroatoms. The molecule has 2 heterocycles. The van der Waals surface area contributed by atoms with Crippen molar-refractivity contribution in [1.82, 2.24) is 0 Å². The number of benzene rings is 2. The second-order valence-electron chi connectivity index (χ2n) is 6.80. The number of aromatic hydroxyl groups is 2. The van der Waals surface area contributed by atoms with Gasteiger partial charge in [0.15, 0.2) is 0 Å². The summed E-state index contributed by atoms with van der Waals surface area (Å²) in [5.74, 6) is -2.51. The van der Waals surface area contributed by atoms with Crippen LogP contribution in [0.15, 0.2) is 54.8 Å². The fourth-order valence-electron chi connectivity index (χ4n) is 3.52. The highest BCUT2D eigenvalue weighted by Crippen LogP contribution is 2.40. The highest BCUT2D eigenvalue weighted by atomic mass is 35.5. The first-order valence-corrected chi connectivity index (χ1v) is 9.53. The van der Waals surface area contributed by atoms with Crippen LogP contribution in [-0.2, 0) is 0 Å². The zero-order valence-electron chi connectivity index (χ0n) is 15.3. The Hall–Kier alpha value is -3.00. The summed E-state index contributed by atoms with van der Waals surface area (Å²) in [7, 11) is 0. The lowest BCUT2D eigenvalue weighted by Crippen LogP contribution is -2.27. The molecular formula is C21H14Cl2O7. The lowest BCUT2D eigenvalue weighted by atomic mass is 9.86. The van der Waals surface area contributed by atoms with Gasteiger partial charge in [-0.05, 0) is 43.3 Å². The summed E-state index contributed by atoms with van der Waals surface area (Å²) in [6, 6.07) is 8.52. The summed E-state index contributed by atoms with van der Waals surface area (Å²) < 4.78 is 10.5. The number of rotatable bonds is 3. The van der Waals surface area contributed by atoms with Gasteiger partial charge in [0.25, 0.3) is 0 Å². The Bertz CT molecular complexity index is 1310. The second kappa shape index (κ2) is 7.36. The number of halogens is 2. The molecule has 3 N–H and O–H groups in total. The summed E-state index contributed by atoms with van der Waals surface area (Å²) in [6.07, 6.45) is -1.39. The Morgan fingerprint density at radius 1 is 0.800 bits per heavy atom. The average Bonchev–Trinajstić information content (AvgIpc) is 2.68. The number of hydrogen-bond acceptors (Lipinski definition) is 7. The summed E-state index contributed by atoms with van der Waals surface area (Å²) in [4.78, 5) is 25.4. The van der Waals surface area contributed by atoms with E-state index in [1.54, 1.807) is 0 Å². The predicted octanol–water partition coefficient (Wildman–Crippen LogP) is 4.13. The minimum atomic E-state index is -1.45. The topological polar surface area (TPSA) is 121 Å². The van der Waals surface area contributed by atoms with Crippen molar-refractivity contribution < 1.29 is 24.2 Å². The minimum Gasteiger partial charge on any atom is -0.507 e. The molecule has 154 valence electrons. The van der Waals surface area contributed by atoms with E-state index in [4.69, 9.17) is 32.0 Å². The molecule has 4 rings (SSSR count). The van der Waals surface area contributed by atoms with Crippen LogP contribution in [-0.4, -0.2) is 21.4 Å². The van der Waals surface area contributed by atoms with Gasteiger partial charge in [0.1, 0.15) is 22.7 Å². The quantitative estimate of drug-likeness (QED) is 0.402. The van der Waals surface area contributed by atoms with E-state index in [1.165, 1.54) is 43.3 Å². The van der Waals surface area contributed by atoms with Gasteiger partial charge < -0.3 is 24.2 Å². The molecule has 30 heavy (non-hydrogen) atoms. The van der Waals surface area contributed by atoms with Gasteiger partial charge in [-0.15, -0.1) is 0 Å². The smallest absolute Gasteiger partial charge is 0.343 e. The highest BCUT2D eigenvalue weighted by Gasteiger charge is 2.34. The van der Waals surface area contributed by atoms with Crippen LogP contribution < -0.4 is 11.3 Å². The third kappa shape index (κ3) is 3.21. The Morgan fingerprint density at radius 3 is 1.57 bits per heavy atom. The van der Waals surface area contributed by atoms with Crippen molar-refractivity contribution >= 4 is 45.1 Å². The van der Waals surface area contributed by atoms with Crippen molar-refractivity contribution in [2.45, 2.75) is 18.9 Å². The van der Waals surface area contributed by atoms with Crippen molar-refractivity contribution in [3.8, 4) is 11.5 Å². The fourth-order valence-corrected chi connectivity index (χ4v) is 3.87. The largest absolute Gasteiger partial charge is 0.507 e. The molecule has 0 aliphatic heterocycles. The SMILES string of the molecule is CC(O)C(c1c(O)c2cc(Cl)ccc2oc1=O)c1c(O)c2cc(Cl)ccc2oc1=O.